The average Bonchev–Trinajstić information content (AvgIpc) is 2.51. The molecule has 1 rings (SSSR count). The number of aliphatic carboxylic acids is 1. The molecule has 2 unspecified atom stereocenters. The van der Waals surface area contributed by atoms with Gasteiger partial charge in [-0.3, -0.25) is 9.59 Å². The van der Waals surface area contributed by atoms with E-state index >= 15 is 0 Å². The summed E-state index contributed by atoms with van der Waals surface area (Å²) in [6, 6.07) is 3.80. The van der Waals surface area contributed by atoms with Gasteiger partial charge in [0.1, 0.15) is 5.25 Å². The number of benzene rings is 1. The minimum Gasteiger partial charge on any atom is -0.493 e. The molecule has 0 saturated heterocycles. The number of sulfone groups is 1. The number of hydrogen-bond donors (Lipinski definition) is 2. The summed E-state index contributed by atoms with van der Waals surface area (Å²) in [4.78, 5) is 23.2. The molecule has 0 aliphatic carbocycles. The van der Waals surface area contributed by atoms with Crippen molar-refractivity contribution in [2.75, 3.05) is 20.5 Å². The van der Waals surface area contributed by atoms with Crippen LogP contribution in [-0.2, 0) is 19.4 Å². The van der Waals surface area contributed by atoms with Gasteiger partial charge in [-0.15, -0.1) is 0 Å². The Labute approximate surface area is 140 Å². The molecule has 0 aliphatic heterocycles. The van der Waals surface area contributed by atoms with E-state index in [9.17, 15) is 18.0 Å². The number of ether oxygens (including phenoxy) is 2. The maximum atomic E-state index is 12.1. The van der Waals surface area contributed by atoms with Crippen molar-refractivity contribution in [3.63, 3.8) is 0 Å². The predicted octanol–water partition coefficient (Wildman–Crippen LogP) is 0.769. The summed E-state index contributed by atoms with van der Waals surface area (Å²) in [5.74, 6) is -1.08. The number of nitrogens with one attached hydrogen (secondary N) is 1. The molecule has 0 fully saturated rings. The third-order valence-corrected chi connectivity index (χ3v) is 5.02. The first-order valence-electron chi connectivity index (χ1n) is 7.03. The highest BCUT2D eigenvalue weighted by molar-refractivity contribution is 7.92. The van der Waals surface area contributed by atoms with Gasteiger partial charge in [0, 0.05) is 6.26 Å². The van der Waals surface area contributed by atoms with Gasteiger partial charge >= 0.3 is 5.97 Å². The lowest BCUT2D eigenvalue weighted by Crippen LogP contribution is -2.40. The SMILES string of the molecule is COc1ccc(C(CC(=O)O)NC(=O)C(C)S(C)(=O)=O)cc1OC. The van der Waals surface area contributed by atoms with Crippen LogP contribution in [0.4, 0.5) is 0 Å². The second kappa shape index (κ2) is 8.00. The Bertz CT molecular complexity index is 715. The third kappa shape index (κ3) is 5.12. The quantitative estimate of drug-likeness (QED) is 0.703. The van der Waals surface area contributed by atoms with E-state index in [0.29, 0.717) is 17.1 Å². The molecule has 0 heterocycles. The number of amides is 1. The van der Waals surface area contributed by atoms with E-state index in [1.807, 2.05) is 0 Å². The Kier molecular flexibility index (Phi) is 6.59. The van der Waals surface area contributed by atoms with E-state index in [4.69, 9.17) is 14.6 Å². The van der Waals surface area contributed by atoms with Crippen molar-refractivity contribution >= 4 is 21.7 Å². The summed E-state index contributed by atoms with van der Waals surface area (Å²) in [6.07, 6.45) is 0.539. The Balaban J connectivity index is 3.14. The van der Waals surface area contributed by atoms with E-state index in [1.54, 1.807) is 12.1 Å². The van der Waals surface area contributed by atoms with E-state index in [-0.39, 0.29) is 0 Å². The zero-order chi connectivity index (χ0) is 18.5. The Hall–Kier alpha value is -2.29. The lowest BCUT2D eigenvalue weighted by Gasteiger charge is -2.20. The highest BCUT2D eigenvalue weighted by Gasteiger charge is 2.27. The van der Waals surface area contributed by atoms with Crippen molar-refractivity contribution in [1.82, 2.24) is 5.32 Å². The van der Waals surface area contributed by atoms with E-state index in [1.165, 1.54) is 27.2 Å². The number of carbonyl (C=O) groups is 2. The second-order valence-corrected chi connectivity index (χ2v) is 7.61. The van der Waals surface area contributed by atoms with E-state index in [2.05, 4.69) is 5.32 Å². The molecule has 2 atom stereocenters. The number of hydrogen-bond acceptors (Lipinski definition) is 6. The summed E-state index contributed by atoms with van der Waals surface area (Å²) in [5, 5.41) is 10.2. The zero-order valence-electron chi connectivity index (χ0n) is 13.9. The monoisotopic (exact) mass is 359 g/mol. The van der Waals surface area contributed by atoms with Crippen molar-refractivity contribution in [3.05, 3.63) is 23.8 Å². The maximum absolute atomic E-state index is 12.1. The maximum Gasteiger partial charge on any atom is 0.305 e. The predicted molar refractivity (Wildman–Crippen MR) is 87.0 cm³/mol. The fourth-order valence-corrected chi connectivity index (χ4v) is 2.44. The van der Waals surface area contributed by atoms with Crippen LogP contribution in [0.3, 0.4) is 0 Å². The topological polar surface area (TPSA) is 119 Å². The van der Waals surface area contributed by atoms with Gasteiger partial charge < -0.3 is 19.9 Å². The first kappa shape index (κ1) is 19.8. The van der Waals surface area contributed by atoms with Crippen LogP contribution in [0.1, 0.15) is 24.9 Å². The molecule has 0 saturated carbocycles. The second-order valence-electron chi connectivity index (χ2n) is 5.25. The molecule has 0 aromatic heterocycles. The standard InChI is InChI=1S/C15H21NO7S/c1-9(24(4,20)21)15(19)16-11(8-14(17)18)10-5-6-12(22-2)13(7-10)23-3/h5-7,9,11H,8H2,1-4H3,(H,16,19)(H,17,18). The molecule has 8 nitrogen and oxygen atoms in total. The number of rotatable bonds is 8. The first-order chi connectivity index (χ1) is 11.1. The van der Waals surface area contributed by atoms with Gasteiger partial charge in [0.05, 0.1) is 26.7 Å². The van der Waals surface area contributed by atoms with Crippen LogP contribution in [0.15, 0.2) is 18.2 Å². The molecule has 2 N–H and O–H groups in total. The third-order valence-electron chi connectivity index (χ3n) is 3.52. The first-order valence-corrected chi connectivity index (χ1v) is 8.98. The Morgan fingerprint density at radius 2 is 1.79 bits per heavy atom. The largest absolute Gasteiger partial charge is 0.493 e. The fraction of sp³-hybridized carbons (Fsp3) is 0.467. The van der Waals surface area contributed by atoms with Gasteiger partial charge in [-0.2, -0.15) is 0 Å². The van der Waals surface area contributed by atoms with Gasteiger partial charge in [0.15, 0.2) is 21.3 Å². The molecule has 0 radical (unpaired) electrons. The van der Waals surface area contributed by atoms with Crippen LogP contribution in [0.2, 0.25) is 0 Å². The molecule has 0 aliphatic rings. The Morgan fingerprint density at radius 3 is 2.25 bits per heavy atom. The summed E-state index contributed by atoms with van der Waals surface area (Å²) >= 11 is 0. The number of carboxylic acid groups (broad SMARTS) is 1. The van der Waals surface area contributed by atoms with Crippen molar-refractivity contribution in [3.8, 4) is 11.5 Å². The number of methoxy groups -OCH3 is 2. The molecule has 134 valence electrons. The molecule has 1 amide bonds. The van der Waals surface area contributed by atoms with Crippen LogP contribution in [0.25, 0.3) is 0 Å². The average molecular weight is 359 g/mol. The minimum atomic E-state index is -3.59. The van der Waals surface area contributed by atoms with Gasteiger partial charge in [-0.1, -0.05) is 6.07 Å². The highest BCUT2D eigenvalue weighted by Crippen LogP contribution is 2.31. The summed E-state index contributed by atoms with van der Waals surface area (Å²) < 4.78 is 33.2. The lowest BCUT2D eigenvalue weighted by atomic mass is 10.0. The lowest BCUT2D eigenvalue weighted by molar-refractivity contribution is -0.137. The van der Waals surface area contributed by atoms with Crippen molar-refractivity contribution in [1.29, 1.82) is 0 Å². The van der Waals surface area contributed by atoms with Crippen LogP contribution >= 0.6 is 0 Å². The molecule has 1 aromatic rings. The van der Waals surface area contributed by atoms with Crippen LogP contribution in [0.5, 0.6) is 11.5 Å². The van der Waals surface area contributed by atoms with Crippen LogP contribution in [0, 0.1) is 0 Å². The molecule has 0 bridgehead atoms. The zero-order valence-corrected chi connectivity index (χ0v) is 14.7. The Morgan fingerprint density at radius 1 is 1.21 bits per heavy atom. The number of carbonyl (C=O) groups excluding carboxylic acids is 1. The van der Waals surface area contributed by atoms with Gasteiger partial charge in [0.2, 0.25) is 5.91 Å². The summed E-state index contributed by atoms with van der Waals surface area (Å²) in [5.41, 5.74) is 0.462. The molecular weight excluding hydrogens is 338 g/mol. The van der Waals surface area contributed by atoms with Crippen molar-refractivity contribution < 1.29 is 32.6 Å². The molecule has 1 aromatic carbocycles. The summed E-state index contributed by atoms with van der Waals surface area (Å²) in [7, 11) is -0.697. The van der Waals surface area contributed by atoms with Crippen LogP contribution < -0.4 is 14.8 Å². The van der Waals surface area contributed by atoms with Crippen molar-refractivity contribution in [2.24, 2.45) is 0 Å². The normalized spacial score (nSPS) is 13.7. The number of carboxylic acids is 1. The highest BCUT2D eigenvalue weighted by atomic mass is 32.2. The smallest absolute Gasteiger partial charge is 0.305 e. The van der Waals surface area contributed by atoms with Gasteiger partial charge in [-0.25, -0.2) is 8.42 Å². The molecule has 24 heavy (non-hydrogen) atoms. The molecule has 0 spiro atoms. The van der Waals surface area contributed by atoms with E-state index in [0.717, 1.165) is 6.26 Å². The van der Waals surface area contributed by atoms with E-state index < -0.39 is 39.4 Å². The van der Waals surface area contributed by atoms with Gasteiger partial charge in [0.25, 0.3) is 0 Å². The summed E-state index contributed by atoms with van der Waals surface area (Å²) in [6.45, 7) is 1.25. The minimum absolute atomic E-state index is 0.371. The van der Waals surface area contributed by atoms with Crippen molar-refractivity contribution in [2.45, 2.75) is 24.6 Å². The molecular formula is C15H21NO7S. The van der Waals surface area contributed by atoms with Gasteiger partial charge in [-0.05, 0) is 24.6 Å². The fourth-order valence-electron chi connectivity index (χ4n) is 1.98. The van der Waals surface area contributed by atoms with Crippen LogP contribution in [-0.4, -0.2) is 51.1 Å². The molecule has 9 heteroatoms.